The highest BCUT2D eigenvalue weighted by Crippen LogP contribution is 2.40. The number of rotatable bonds is 4. The van der Waals surface area contributed by atoms with Crippen LogP contribution in [0.3, 0.4) is 0 Å². The first kappa shape index (κ1) is 14.0. The third kappa shape index (κ3) is 3.46. The van der Waals surface area contributed by atoms with E-state index in [9.17, 15) is 18.0 Å². The highest BCUT2D eigenvalue weighted by molar-refractivity contribution is 9.09. The Morgan fingerprint density at radius 1 is 1.29 bits per heavy atom. The van der Waals surface area contributed by atoms with Crippen molar-refractivity contribution in [3.05, 3.63) is 29.8 Å². The fraction of sp³-hybridized carbons (Fsp3) is 0.364. The van der Waals surface area contributed by atoms with E-state index in [0.29, 0.717) is 11.3 Å². The van der Waals surface area contributed by atoms with Gasteiger partial charge in [-0.15, -0.1) is 0 Å². The first-order chi connectivity index (χ1) is 7.90. The molecule has 0 bridgehead atoms. The van der Waals surface area contributed by atoms with Gasteiger partial charge in [-0.1, -0.05) is 28.1 Å². The number of hydrogen-bond acceptors (Lipinski definition) is 2. The predicted molar refractivity (Wildman–Crippen MR) is 60.3 cm³/mol. The molecule has 94 valence electrons. The zero-order valence-corrected chi connectivity index (χ0v) is 10.5. The lowest BCUT2D eigenvalue weighted by atomic mass is 10.00. The van der Waals surface area contributed by atoms with Crippen LogP contribution in [-0.4, -0.2) is 19.6 Å². The van der Waals surface area contributed by atoms with Crippen LogP contribution in [0.1, 0.15) is 10.4 Å². The standard InChI is InChI=1S/C11H10BrF3O2/c1-17-8-4-2-7(3-5-8)10(12)9(6-16)11(13,14)15/h2-6,9-10H,1H3. The van der Waals surface area contributed by atoms with Crippen LogP contribution in [0.5, 0.6) is 5.75 Å². The maximum absolute atomic E-state index is 12.5. The van der Waals surface area contributed by atoms with Gasteiger partial charge < -0.3 is 9.53 Å². The lowest BCUT2D eigenvalue weighted by Gasteiger charge is -2.20. The molecule has 17 heavy (non-hydrogen) atoms. The Kier molecular flexibility index (Phi) is 4.56. The molecule has 0 saturated heterocycles. The number of carbonyl (C=O) groups excluding carboxylic acids is 1. The second-order valence-corrected chi connectivity index (χ2v) is 4.36. The molecule has 0 amide bonds. The summed E-state index contributed by atoms with van der Waals surface area (Å²) >= 11 is 2.90. The van der Waals surface area contributed by atoms with E-state index < -0.39 is 16.9 Å². The van der Waals surface area contributed by atoms with Crippen LogP contribution in [0.4, 0.5) is 13.2 Å². The second-order valence-electron chi connectivity index (χ2n) is 3.38. The molecule has 6 heteroatoms. The second kappa shape index (κ2) is 5.53. The van der Waals surface area contributed by atoms with Gasteiger partial charge in [-0.2, -0.15) is 13.2 Å². The maximum Gasteiger partial charge on any atom is 0.399 e. The van der Waals surface area contributed by atoms with Crippen molar-refractivity contribution in [3.63, 3.8) is 0 Å². The maximum atomic E-state index is 12.5. The van der Waals surface area contributed by atoms with E-state index in [0.717, 1.165) is 0 Å². The van der Waals surface area contributed by atoms with Gasteiger partial charge >= 0.3 is 6.18 Å². The van der Waals surface area contributed by atoms with E-state index >= 15 is 0 Å². The molecule has 0 radical (unpaired) electrons. The van der Waals surface area contributed by atoms with Crippen molar-refractivity contribution in [1.29, 1.82) is 0 Å². The molecule has 0 aliphatic carbocycles. The minimum absolute atomic E-state index is 0.0936. The third-order valence-electron chi connectivity index (χ3n) is 2.27. The molecule has 0 spiro atoms. The number of carbonyl (C=O) groups is 1. The van der Waals surface area contributed by atoms with Gasteiger partial charge in [-0.05, 0) is 17.7 Å². The van der Waals surface area contributed by atoms with Gasteiger partial charge in [0.1, 0.15) is 18.0 Å². The molecule has 0 aliphatic rings. The van der Waals surface area contributed by atoms with Crippen LogP contribution < -0.4 is 4.74 Å². The normalized spacial score (nSPS) is 15.1. The summed E-state index contributed by atoms with van der Waals surface area (Å²) in [6.07, 6.45) is -4.65. The summed E-state index contributed by atoms with van der Waals surface area (Å²) in [4.78, 5) is 9.42. The molecule has 0 N–H and O–H groups in total. The monoisotopic (exact) mass is 310 g/mol. The molecule has 2 unspecified atom stereocenters. The van der Waals surface area contributed by atoms with Gasteiger partial charge in [0.05, 0.1) is 11.9 Å². The van der Waals surface area contributed by atoms with E-state index in [-0.39, 0.29) is 6.29 Å². The Labute approximate surface area is 105 Å². The first-order valence-electron chi connectivity index (χ1n) is 4.70. The van der Waals surface area contributed by atoms with Crippen molar-refractivity contribution in [1.82, 2.24) is 0 Å². The Morgan fingerprint density at radius 2 is 1.82 bits per heavy atom. The number of ether oxygens (including phenoxy) is 1. The van der Waals surface area contributed by atoms with Gasteiger partial charge in [0.15, 0.2) is 0 Å². The van der Waals surface area contributed by atoms with E-state index in [1.54, 1.807) is 12.1 Å². The summed E-state index contributed by atoms with van der Waals surface area (Å²) in [6.45, 7) is 0. The number of halogens is 4. The lowest BCUT2D eigenvalue weighted by molar-refractivity contribution is -0.174. The Balaban J connectivity index is 2.94. The van der Waals surface area contributed by atoms with Crippen LogP contribution >= 0.6 is 15.9 Å². The largest absolute Gasteiger partial charge is 0.497 e. The minimum Gasteiger partial charge on any atom is -0.497 e. The number of hydrogen-bond donors (Lipinski definition) is 0. The lowest BCUT2D eigenvalue weighted by Crippen LogP contribution is -2.27. The molecule has 0 aliphatic heterocycles. The van der Waals surface area contributed by atoms with Crippen molar-refractivity contribution < 1.29 is 22.7 Å². The third-order valence-corrected chi connectivity index (χ3v) is 3.37. The van der Waals surface area contributed by atoms with Gasteiger partial charge in [-0.25, -0.2) is 0 Å². The van der Waals surface area contributed by atoms with Gasteiger partial charge in [0, 0.05) is 0 Å². The average Bonchev–Trinajstić information content (AvgIpc) is 2.28. The van der Waals surface area contributed by atoms with E-state index in [1.807, 2.05) is 0 Å². The minimum atomic E-state index is -4.56. The molecule has 1 aromatic rings. The summed E-state index contributed by atoms with van der Waals surface area (Å²) in [7, 11) is 1.46. The fourth-order valence-corrected chi connectivity index (χ4v) is 2.04. The first-order valence-corrected chi connectivity index (χ1v) is 5.61. The summed E-state index contributed by atoms with van der Waals surface area (Å²) in [5.74, 6) is -1.51. The molecular formula is C11H10BrF3O2. The quantitative estimate of drug-likeness (QED) is 0.628. The van der Waals surface area contributed by atoms with E-state index in [4.69, 9.17) is 4.74 Å². The molecular weight excluding hydrogens is 301 g/mol. The predicted octanol–water partition coefficient (Wildman–Crippen LogP) is 3.51. The average molecular weight is 311 g/mol. The molecule has 0 saturated carbocycles. The van der Waals surface area contributed by atoms with Crippen molar-refractivity contribution in [2.24, 2.45) is 5.92 Å². The summed E-state index contributed by atoms with van der Waals surface area (Å²) in [5, 5.41) is 0. The molecule has 0 aromatic heterocycles. The Hall–Kier alpha value is -1.04. The molecule has 1 rings (SSSR count). The number of methoxy groups -OCH3 is 1. The topological polar surface area (TPSA) is 26.3 Å². The number of aldehydes is 1. The smallest absolute Gasteiger partial charge is 0.399 e. The zero-order valence-electron chi connectivity index (χ0n) is 8.87. The van der Waals surface area contributed by atoms with Crippen molar-refractivity contribution >= 4 is 22.2 Å². The molecule has 0 fully saturated rings. The number of benzene rings is 1. The highest BCUT2D eigenvalue weighted by Gasteiger charge is 2.44. The van der Waals surface area contributed by atoms with E-state index in [2.05, 4.69) is 15.9 Å². The van der Waals surface area contributed by atoms with Crippen LogP contribution in [-0.2, 0) is 4.79 Å². The molecule has 1 aromatic carbocycles. The SMILES string of the molecule is COc1ccc(C(Br)C(C=O)C(F)(F)F)cc1. The van der Waals surface area contributed by atoms with Gasteiger partial charge in [0.25, 0.3) is 0 Å². The molecule has 2 nitrogen and oxygen atoms in total. The summed E-state index contributed by atoms with van der Waals surface area (Å²) in [6, 6.07) is 6.06. The fourth-order valence-electron chi connectivity index (χ4n) is 1.31. The summed E-state index contributed by atoms with van der Waals surface area (Å²) < 4.78 is 42.4. The highest BCUT2D eigenvalue weighted by atomic mass is 79.9. The van der Waals surface area contributed by atoms with Crippen LogP contribution in [0.15, 0.2) is 24.3 Å². The Morgan fingerprint density at radius 3 is 2.18 bits per heavy atom. The zero-order chi connectivity index (χ0) is 13.1. The number of alkyl halides is 4. The van der Waals surface area contributed by atoms with Crippen LogP contribution in [0.25, 0.3) is 0 Å². The molecule has 0 heterocycles. The van der Waals surface area contributed by atoms with Gasteiger partial charge in [0.2, 0.25) is 0 Å². The van der Waals surface area contributed by atoms with Crippen molar-refractivity contribution in [2.45, 2.75) is 11.0 Å². The van der Waals surface area contributed by atoms with Crippen molar-refractivity contribution in [2.75, 3.05) is 7.11 Å². The van der Waals surface area contributed by atoms with Gasteiger partial charge in [-0.3, -0.25) is 0 Å². The molecule has 2 atom stereocenters. The summed E-state index contributed by atoms with van der Waals surface area (Å²) in [5.41, 5.74) is 0.375. The Bertz CT molecular complexity index is 375. The van der Waals surface area contributed by atoms with Crippen LogP contribution in [0, 0.1) is 5.92 Å². The van der Waals surface area contributed by atoms with Crippen molar-refractivity contribution in [3.8, 4) is 5.75 Å². The van der Waals surface area contributed by atoms with Crippen LogP contribution in [0.2, 0.25) is 0 Å². The van der Waals surface area contributed by atoms with E-state index in [1.165, 1.54) is 19.2 Å².